The van der Waals surface area contributed by atoms with Gasteiger partial charge in [0.05, 0.1) is 0 Å². The van der Waals surface area contributed by atoms with Gasteiger partial charge in [0.25, 0.3) is 0 Å². The maximum absolute atomic E-state index is 6.94. The Balaban J connectivity index is 2.54. The molecule has 0 N–H and O–H groups in total. The molecular formula is H2I3S-. The molecule has 0 aromatic heterocycles. The molecule has 0 aliphatic heterocycles. The van der Waals surface area contributed by atoms with Crippen LogP contribution in [0, 0.1) is 0 Å². The summed E-state index contributed by atoms with van der Waals surface area (Å²) in [6.45, 7) is 0. The van der Waals surface area contributed by atoms with Gasteiger partial charge in [-0.1, -0.05) is 0 Å². The van der Waals surface area contributed by atoms with Crippen LogP contribution in [0.2, 0.25) is 0 Å². The Hall–Kier alpha value is 2.54. The molecule has 0 spiro atoms. The Labute approximate surface area is 56.5 Å². The van der Waals surface area contributed by atoms with Gasteiger partial charge < -0.3 is 0 Å². The average Bonchev–Trinajstić information content (AvgIpc) is 1.38. The zero-order valence-electron chi connectivity index (χ0n) is 2.58. The van der Waals surface area contributed by atoms with E-state index in [0.29, 0.717) is 0 Å². The zero-order chi connectivity index (χ0) is 4.28. The van der Waals surface area contributed by atoms with E-state index in [0.717, 1.165) is 0 Å². The number of rotatable bonds is 1. The third-order valence-corrected chi connectivity index (χ3v) is 21.9. The molecule has 0 saturated carbocycles. The zero-order valence-corrected chi connectivity index (χ0v) is 8.95. The van der Waals surface area contributed by atoms with E-state index in [-0.39, 0.29) is 15.8 Å². The van der Waals surface area contributed by atoms with Gasteiger partial charge in [-0.05, 0) is 0 Å². The van der Waals surface area contributed by atoms with Gasteiger partial charge in [0.2, 0.25) is 0 Å². The van der Waals surface area contributed by atoms with Gasteiger partial charge in [-0.15, -0.1) is 0 Å². The summed E-state index contributed by atoms with van der Waals surface area (Å²) in [4.78, 5) is 0. The molecule has 0 fully saturated rings. The van der Waals surface area contributed by atoms with E-state index in [4.69, 9.17) is 0.594 Å². The molecule has 0 nitrogen and oxygen atoms in total. The van der Waals surface area contributed by atoms with Crippen molar-refractivity contribution in [2.75, 3.05) is 0 Å². The molecular weight excluding hydrogens is 413 g/mol. The van der Waals surface area contributed by atoms with Gasteiger partial charge >= 0.3 is 57.9 Å². The van der Waals surface area contributed by atoms with Crippen LogP contribution in [0.3, 0.4) is 0 Å². The van der Waals surface area contributed by atoms with E-state index in [1.165, 1.54) is 0 Å². The third kappa shape index (κ3) is 4.54. The normalized spacial score (nSPS) is 15.5. The van der Waals surface area contributed by atoms with Crippen LogP contribution in [-0.4, -0.2) is 0.594 Å². The number of thiol groups is 1. The monoisotopic (exact) mass is 416 g/mol. The van der Waals surface area contributed by atoms with Crippen molar-refractivity contribution in [1.82, 2.24) is 0 Å². The summed E-state index contributed by atoms with van der Waals surface area (Å²) in [5.74, 6) is 0. The molecule has 0 saturated heterocycles. The molecule has 0 rings (SSSR count). The summed E-state index contributed by atoms with van der Waals surface area (Å²) >= 11 is 1.17. The quantitative estimate of drug-likeness (QED) is 0.407. The van der Waals surface area contributed by atoms with E-state index in [1.54, 1.807) is 0 Å². The molecule has 0 aromatic rings. The molecule has 0 aromatic carbocycles. The first-order valence-electron chi connectivity index (χ1n) is 0.833. The molecule has 30 valence electrons. The Morgan fingerprint density at radius 3 is 2.75 bits per heavy atom. The van der Waals surface area contributed by atoms with E-state index >= 15 is 0 Å². The van der Waals surface area contributed by atoms with Crippen LogP contribution in [-0.2, 0) is 0 Å². The molecule has 0 heterocycles. The predicted molar refractivity (Wildman–Crippen MR) is 38.4 cm³/mol. The van der Waals surface area contributed by atoms with E-state index < -0.39 is 13.1 Å². The predicted octanol–water partition coefficient (Wildman–Crippen LogP) is -1.11. The number of halogens is 3. The molecule has 0 atom stereocenters. The molecule has 4 heteroatoms. The minimum atomic E-state index is -1.09. The summed E-state index contributed by atoms with van der Waals surface area (Å²) in [6.07, 6.45) is 0. The fourth-order valence-electron chi connectivity index (χ4n) is 0. The van der Waals surface area contributed by atoms with E-state index in [9.17, 15) is 0 Å². The second kappa shape index (κ2) is 5.54. The summed E-state index contributed by atoms with van der Waals surface area (Å²) in [6, 6.07) is 0. The SMILES string of the molecule is [2H]I(I)[I-]S. The Morgan fingerprint density at radius 1 is 2.50 bits per heavy atom. The molecule has 0 aliphatic rings. The second-order valence-corrected chi connectivity index (χ2v) is 24.9. The van der Waals surface area contributed by atoms with Crippen molar-refractivity contribution in [3.05, 3.63) is 0 Å². The van der Waals surface area contributed by atoms with Crippen LogP contribution in [0.5, 0.6) is 0 Å². The number of hydrogen-bond donors (Lipinski definition) is 1. The Kier molecular flexibility index (Phi) is 6.50. The average molecular weight is 416 g/mol. The molecule has 0 amide bonds. The van der Waals surface area contributed by atoms with Crippen LogP contribution in [0.25, 0.3) is 0 Å². The maximum atomic E-state index is 6.94. The van der Waals surface area contributed by atoms with Gasteiger partial charge in [-0.3, -0.25) is 0 Å². The molecule has 0 radical (unpaired) electrons. The van der Waals surface area contributed by atoms with Crippen LogP contribution in [0.4, 0.5) is 0 Å². The Morgan fingerprint density at radius 2 is 2.75 bits per heavy atom. The topological polar surface area (TPSA) is 0 Å². The van der Waals surface area contributed by atoms with Gasteiger partial charge in [0.1, 0.15) is 0 Å². The fraction of sp³-hybridized carbons (Fsp3) is 0. The minimum absolute atomic E-state index is 0.0522. The van der Waals surface area contributed by atoms with Gasteiger partial charge in [-0.2, -0.15) is 0 Å². The first-order chi connectivity index (χ1) is 2.27. The van der Waals surface area contributed by atoms with Crippen LogP contribution in [0.1, 0.15) is 0 Å². The number of hydrogen-bond acceptors (Lipinski definition) is 1. The summed E-state index contributed by atoms with van der Waals surface area (Å²) in [5, 5.41) is 0. The van der Waals surface area contributed by atoms with Crippen molar-refractivity contribution in [2.24, 2.45) is 0 Å². The van der Waals surface area contributed by atoms with Crippen LogP contribution >= 0.6 is 41.5 Å². The van der Waals surface area contributed by atoms with Crippen molar-refractivity contribution in [3.8, 4) is 0 Å². The van der Waals surface area contributed by atoms with Crippen LogP contribution in [0.15, 0.2) is 0 Å². The molecule has 0 unspecified atom stereocenters. The van der Waals surface area contributed by atoms with Crippen molar-refractivity contribution in [1.29, 1.82) is 0.594 Å². The summed E-state index contributed by atoms with van der Waals surface area (Å²) < 4.78 is 6.94. The molecule has 0 bridgehead atoms. The van der Waals surface area contributed by atoms with Crippen molar-refractivity contribution < 1.29 is 15.8 Å². The van der Waals surface area contributed by atoms with Crippen LogP contribution < -0.4 is 15.8 Å². The second-order valence-electron chi connectivity index (χ2n) is 0.118. The van der Waals surface area contributed by atoms with Crippen molar-refractivity contribution in [2.45, 2.75) is 0 Å². The standard InChI is InChI=1S/H2I3S/c1-2-3-4/h2,4H/q-1/i2D. The van der Waals surface area contributed by atoms with Crippen molar-refractivity contribution in [3.63, 3.8) is 0 Å². The van der Waals surface area contributed by atoms with E-state index in [2.05, 4.69) is 28.4 Å². The third-order valence-electron chi connectivity index (χ3n) is 0.0241. The molecule has 4 heavy (non-hydrogen) atoms. The van der Waals surface area contributed by atoms with Gasteiger partial charge in [0, 0.05) is 0 Å². The van der Waals surface area contributed by atoms with Gasteiger partial charge in [-0.25, -0.2) is 0 Å². The summed E-state index contributed by atoms with van der Waals surface area (Å²) in [5.41, 5.74) is 0. The Bertz CT molecular complexity index is 20.9. The van der Waals surface area contributed by atoms with E-state index in [1.807, 2.05) is 0 Å². The first kappa shape index (κ1) is 4.69. The molecule has 0 aliphatic carbocycles. The first-order valence-corrected chi connectivity index (χ1v) is 16.3. The fourth-order valence-corrected chi connectivity index (χ4v) is 0. The van der Waals surface area contributed by atoms with Gasteiger partial charge in [0.15, 0.2) is 0 Å². The summed E-state index contributed by atoms with van der Waals surface area (Å²) in [7, 11) is 4.00. The van der Waals surface area contributed by atoms with Crippen molar-refractivity contribution >= 4 is 41.5 Å².